The standard InChI is InChI=1S/C24H26N8O2S/c1-15-10-18(28-20(11-15)19-3-7-27-31-19)14-25-13-16-4-8-32(9-5-16)23-26-6-2-17(29-23)12-21-22(33)30-24(34)35-21/h2-3,6-7,10-12,16,25H,4-5,8-9,13-14H2,1H3,(H,27,31)(H,30,33,34)/b21-12-. The van der Waals surface area contributed by atoms with Crippen molar-refractivity contribution >= 4 is 34.9 Å². The summed E-state index contributed by atoms with van der Waals surface area (Å²) in [6.45, 7) is 5.46. The molecule has 0 spiro atoms. The van der Waals surface area contributed by atoms with E-state index in [0.717, 1.165) is 67.9 Å². The second-order valence-corrected chi connectivity index (χ2v) is 9.70. The molecule has 35 heavy (non-hydrogen) atoms. The van der Waals surface area contributed by atoms with Crippen molar-refractivity contribution in [3.8, 4) is 11.4 Å². The number of H-pyrrole nitrogens is 1. The molecule has 5 heterocycles. The highest BCUT2D eigenvalue weighted by Gasteiger charge is 2.25. The molecular formula is C24H26N8O2S. The van der Waals surface area contributed by atoms with Crippen LogP contribution >= 0.6 is 11.8 Å². The average Bonchev–Trinajstić information content (AvgIpc) is 3.49. The first kappa shape index (κ1) is 23.2. The second kappa shape index (κ2) is 10.4. The number of piperidine rings is 1. The summed E-state index contributed by atoms with van der Waals surface area (Å²) in [5, 5.41) is 12.5. The lowest BCUT2D eigenvalue weighted by molar-refractivity contribution is -0.115. The molecule has 2 amide bonds. The van der Waals surface area contributed by atoms with Gasteiger partial charge in [0.1, 0.15) is 0 Å². The Morgan fingerprint density at radius 1 is 1.17 bits per heavy atom. The van der Waals surface area contributed by atoms with Gasteiger partial charge in [-0.3, -0.25) is 20.0 Å². The minimum absolute atomic E-state index is 0.351. The molecular weight excluding hydrogens is 464 g/mol. The fourth-order valence-electron chi connectivity index (χ4n) is 4.26. The first-order valence-corrected chi connectivity index (χ1v) is 12.4. The van der Waals surface area contributed by atoms with E-state index in [2.05, 4.69) is 54.8 Å². The van der Waals surface area contributed by atoms with Gasteiger partial charge in [0, 0.05) is 32.0 Å². The number of thioether (sulfide) groups is 1. The van der Waals surface area contributed by atoms with Crippen molar-refractivity contribution in [1.29, 1.82) is 0 Å². The number of hydrogen-bond donors (Lipinski definition) is 3. The fraction of sp³-hybridized carbons (Fsp3) is 0.333. The molecule has 0 aromatic carbocycles. The van der Waals surface area contributed by atoms with E-state index < -0.39 is 0 Å². The second-order valence-electron chi connectivity index (χ2n) is 8.69. The molecule has 0 radical (unpaired) electrons. The van der Waals surface area contributed by atoms with Gasteiger partial charge in [0.25, 0.3) is 11.1 Å². The van der Waals surface area contributed by atoms with Crippen molar-refractivity contribution < 1.29 is 9.59 Å². The third-order valence-electron chi connectivity index (χ3n) is 6.02. The Morgan fingerprint density at radius 2 is 2.03 bits per heavy atom. The van der Waals surface area contributed by atoms with Crippen LogP contribution in [0.2, 0.25) is 0 Å². The van der Waals surface area contributed by atoms with E-state index in [4.69, 9.17) is 4.98 Å². The molecule has 2 aliphatic rings. The van der Waals surface area contributed by atoms with Gasteiger partial charge in [-0.2, -0.15) is 5.10 Å². The molecule has 0 saturated carbocycles. The number of pyridine rings is 1. The molecule has 180 valence electrons. The van der Waals surface area contributed by atoms with Gasteiger partial charge in [0.05, 0.1) is 27.7 Å². The van der Waals surface area contributed by atoms with Crippen LogP contribution in [-0.4, -0.2) is 55.9 Å². The van der Waals surface area contributed by atoms with Crippen LogP contribution in [0.1, 0.15) is 29.8 Å². The smallest absolute Gasteiger partial charge is 0.290 e. The molecule has 3 aromatic heterocycles. The average molecular weight is 491 g/mol. The number of anilines is 1. The number of nitrogens with zero attached hydrogens (tertiary/aromatic N) is 5. The van der Waals surface area contributed by atoms with Gasteiger partial charge in [-0.15, -0.1) is 0 Å². The van der Waals surface area contributed by atoms with Gasteiger partial charge in [0.15, 0.2) is 0 Å². The van der Waals surface area contributed by atoms with Crippen LogP contribution in [0, 0.1) is 12.8 Å². The highest BCUT2D eigenvalue weighted by molar-refractivity contribution is 8.18. The maximum Gasteiger partial charge on any atom is 0.290 e. The maximum atomic E-state index is 11.8. The molecule has 11 heteroatoms. The molecule has 2 saturated heterocycles. The van der Waals surface area contributed by atoms with E-state index >= 15 is 0 Å². The summed E-state index contributed by atoms with van der Waals surface area (Å²) in [5.74, 6) is 0.834. The van der Waals surface area contributed by atoms with E-state index in [0.29, 0.717) is 22.5 Å². The minimum Gasteiger partial charge on any atom is -0.341 e. The zero-order valence-electron chi connectivity index (χ0n) is 19.3. The predicted octanol–water partition coefficient (Wildman–Crippen LogP) is 2.90. The summed E-state index contributed by atoms with van der Waals surface area (Å²) in [4.78, 5) is 39.4. The van der Waals surface area contributed by atoms with Gasteiger partial charge < -0.3 is 10.2 Å². The lowest BCUT2D eigenvalue weighted by Gasteiger charge is -2.32. The molecule has 3 N–H and O–H groups in total. The van der Waals surface area contributed by atoms with Crippen LogP contribution in [0.3, 0.4) is 0 Å². The molecule has 5 rings (SSSR count). The summed E-state index contributed by atoms with van der Waals surface area (Å²) < 4.78 is 0. The molecule has 0 bridgehead atoms. The summed E-state index contributed by atoms with van der Waals surface area (Å²) >= 11 is 0.889. The molecule has 2 fully saturated rings. The SMILES string of the molecule is Cc1cc(CNCC2CCN(c3nccc(/C=C4\SC(=O)NC4=O)n3)CC2)nc(-c2ccn[nH]2)c1. The van der Waals surface area contributed by atoms with Crippen LogP contribution < -0.4 is 15.5 Å². The normalized spacial score (nSPS) is 17.9. The number of carbonyl (C=O) groups is 2. The Morgan fingerprint density at radius 3 is 2.77 bits per heavy atom. The summed E-state index contributed by atoms with van der Waals surface area (Å²) in [6.07, 6.45) is 7.12. The summed E-state index contributed by atoms with van der Waals surface area (Å²) in [7, 11) is 0. The zero-order valence-corrected chi connectivity index (χ0v) is 20.1. The Balaban J connectivity index is 1.12. The van der Waals surface area contributed by atoms with Crippen LogP contribution in [-0.2, 0) is 11.3 Å². The van der Waals surface area contributed by atoms with Crippen molar-refractivity contribution in [3.05, 3.63) is 58.5 Å². The van der Waals surface area contributed by atoms with Crippen molar-refractivity contribution in [2.24, 2.45) is 5.92 Å². The highest BCUT2D eigenvalue weighted by Crippen LogP contribution is 2.26. The van der Waals surface area contributed by atoms with E-state index in [1.54, 1.807) is 24.5 Å². The van der Waals surface area contributed by atoms with Crippen molar-refractivity contribution in [2.45, 2.75) is 26.3 Å². The quantitative estimate of drug-likeness (QED) is 0.428. The monoisotopic (exact) mass is 490 g/mol. The largest absolute Gasteiger partial charge is 0.341 e. The Labute approximate surface area is 207 Å². The molecule has 0 unspecified atom stereocenters. The molecule has 3 aromatic rings. The Kier molecular flexibility index (Phi) is 6.87. The lowest BCUT2D eigenvalue weighted by Crippen LogP contribution is -2.38. The molecule has 2 aliphatic heterocycles. The summed E-state index contributed by atoms with van der Waals surface area (Å²) in [6, 6.07) is 7.83. The van der Waals surface area contributed by atoms with E-state index in [-0.39, 0.29) is 11.1 Å². The van der Waals surface area contributed by atoms with E-state index in [1.807, 2.05) is 6.07 Å². The number of nitrogens with one attached hydrogen (secondary N) is 3. The minimum atomic E-state index is -0.383. The van der Waals surface area contributed by atoms with Gasteiger partial charge in [-0.05, 0) is 79.9 Å². The van der Waals surface area contributed by atoms with Crippen molar-refractivity contribution in [2.75, 3.05) is 24.5 Å². The van der Waals surface area contributed by atoms with Crippen LogP contribution in [0.15, 0.2) is 41.6 Å². The van der Waals surface area contributed by atoms with Gasteiger partial charge in [-0.1, -0.05) is 0 Å². The third kappa shape index (κ3) is 5.75. The number of aryl methyl sites for hydroxylation is 1. The predicted molar refractivity (Wildman–Crippen MR) is 134 cm³/mol. The maximum absolute atomic E-state index is 11.8. The Hall–Kier alpha value is -3.57. The molecule has 10 nitrogen and oxygen atoms in total. The zero-order chi connectivity index (χ0) is 24.2. The van der Waals surface area contributed by atoms with Crippen LogP contribution in [0.25, 0.3) is 17.5 Å². The van der Waals surface area contributed by atoms with Crippen LogP contribution in [0.5, 0.6) is 0 Å². The number of amides is 2. The topological polar surface area (TPSA) is 129 Å². The van der Waals surface area contributed by atoms with E-state index in [1.165, 1.54) is 5.56 Å². The molecule has 0 atom stereocenters. The lowest BCUT2D eigenvalue weighted by atomic mass is 9.97. The van der Waals surface area contributed by atoms with Crippen LogP contribution in [0.4, 0.5) is 10.7 Å². The van der Waals surface area contributed by atoms with Gasteiger partial charge in [0.2, 0.25) is 5.95 Å². The number of imide groups is 1. The number of hydrogen-bond acceptors (Lipinski definition) is 9. The Bertz CT molecular complexity index is 1250. The van der Waals surface area contributed by atoms with E-state index in [9.17, 15) is 9.59 Å². The van der Waals surface area contributed by atoms with Gasteiger partial charge in [-0.25, -0.2) is 15.0 Å². The number of rotatable bonds is 7. The first-order valence-electron chi connectivity index (χ1n) is 11.5. The summed E-state index contributed by atoms with van der Waals surface area (Å²) in [5.41, 5.74) is 4.63. The number of aromatic nitrogens is 5. The number of carbonyl (C=O) groups excluding carboxylic acids is 2. The number of aromatic amines is 1. The third-order valence-corrected chi connectivity index (χ3v) is 6.83. The van der Waals surface area contributed by atoms with Crippen molar-refractivity contribution in [1.82, 2.24) is 35.8 Å². The highest BCUT2D eigenvalue weighted by atomic mass is 32.2. The molecule has 0 aliphatic carbocycles. The first-order chi connectivity index (χ1) is 17.0. The van der Waals surface area contributed by atoms with Gasteiger partial charge >= 0.3 is 0 Å². The fourth-order valence-corrected chi connectivity index (χ4v) is 4.92. The van der Waals surface area contributed by atoms with Crippen molar-refractivity contribution in [3.63, 3.8) is 0 Å².